The van der Waals surface area contributed by atoms with Gasteiger partial charge in [-0.2, -0.15) is 0 Å². The molecule has 0 bridgehead atoms. The second-order valence-electron chi connectivity index (χ2n) is 6.95. The van der Waals surface area contributed by atoms with Crippen molar-refractivity contribution in [2.24, 2.45) is 5.92 Å². The van der Waals surface area contributed by atoms with Crippen LogP contribution in [0.1, 0.15) is 43.0 Å². The lowest BCUT2D eigenvalue weighted by Gasteiger charge is -2.30. The summed E-state index contributed by atoms with van der Waals surface area (Å²) >= 11 is 3.41. The quantitative estimate of drug-likeness (QED) is 0.614. The second kappa shape index (κ2) is 7.00. The zero-order valence-electron chi connectivity index (χ0n) is 14.1. The third kappa shape index (κ3) is 3.18. The normalized spacial score (nSPS) is 21.0. The highest BCUT2D eigenvalue weighted by molar-refractivity contribution is 8.00. The number of amides is 1. The van der Waals surface area contributed by atoms with Gasteiger partial charge in [0.25, 0.3) is 0 Å². The van der Waals surface area contributed by atoms with Crippen molar-refractivity contribution < 1.29 is 4.79 Å². The first kappa shape index (κ1) is 16.3. The molecule has 0 N–H and O–H groups in total. The zero-order valence-corrected chi connectivity index (χ0v) is 15.7. The molecule has 4 rings (SSSR count). The van der Waals surface area contributed by atoms with Crippen LogP contribution in [0.5, 0.6) is 0 Å². The molecule has 24 heavy (non-hydrogen) atoms. The summed E-state index contributed by atoms with van der Waals surface area (Å²) in [4.78, 5) is 26.1. The number of piperidine rings is 1. The van der Waals surface area contributed by atoms with E-state index in [1.807, 2.05) is 16.2 Å². The molecular formula is C18H23N3OS2. The molecule has 3 heterocycles. The number of carbonyl (C=O) groups is 1. The van der Waals surface area contributed by atoms with Crippen molar-refractivity contribution in [3.8, 4) is 0 Å². The highest BCUT2D eigenvalue weighted by atomic mass is 32.2. The maximum absolute atomic E-state index is 12.5. The van der Waals surface area contributed by atoms with Gasteiger partial charge in [0, 0.05) is 23.4 Å². The SMILES string of the molecule is C[C@H]1CCCN(C(=O)CSc2ncnc3sc4c(c23)CCCC4)C1. The molecule has 4 nitrogen and oxygen atoms in total. The number of fused-ring (bicyclic) bond motifs is 3. The Morgan fingerprint density at radius 3 is 3.08 bits per heavy atom. The van der Waals surface area contributed by atoms with E-state index in [-0.39, 0.29) is 5.91 Å². The van der Waals surface area contributed by atoms with Gasteiger partial charge in [0.15, 0.2) is 0 Å². The van der Waals surface area contributed by atoms with Gasteiger partial charge in [-0.3, -0.25) is 4.79 Å². The van der Waals surface area contributed by atoms with Gasteiger partial charge in [-0.1, -0.05) is 18.7 Å². The number of rotatable bonds is 3. The summed E-state index contributed by atoms with van der Waals surface area (Å²) in [6.07, 6.45) is 8.86. The van der Waals surface area contributed by atoms with Crippen LogP contribution in [-0.2, 0) is 17.6 Å². The van der Waals surface area contributed by atoms with Crippen molar-refractivity contribution in [3.63, 3.8) is 0 Å². The van der Waals surface area contributed by atoms with Gasteiger partial charge in [-0.25, -0.2) is 9.97 Å². The van der Waals surface area contributed by atoms with E-state index in [1.165, 1.54) is 41.5 Å². The molecule has 2 aromatic heterocycles. The fraction of sp³-hybridized carbons (Fsp3) is 0.611. The van der Waals surface area contributed by atoms with Gasteiger partial charge < -0.3 is 4.90 Å². The van der Waals surface area contributed by atoms with E-state index in [0.29, 0.717) is 11.7 Å². The monoisotopic (exact) mass is 361 g/mol. The van der Waals surface area contributed by atoms with E-state index >= 15 is 0 Å². The van der Waals surface area contributed by atoms with Gasteiger partial charge in [0.05, 0.1) is 5.75 Å². The minimum atomic E-state index is 0.252. The lowest BCUT2D eigenvalue weighted by atomic mass is 9.97. The highest BCUT2D eigenvalue weighted by Gasteiger charge is 2.23. The molecule has 1 amide bonds. The lowest BCUT2D eigenvalue weighted by molar-refractivity contribution is -0.130. The lowest BCUT2D eigenvalue weighted by Crippen LogP contribution is -2.40. The fourth-order valence-corrected chi connectivity index (χ4v) is 6.03. The average molecular weight is 362 g/mol. The molecule has 1 fully saturated rings. The van der Waals surface area contributed by atoms with Crippen molar-refractivity contribution in [2.45, 2.75) is 50.5 Å². The summed E-state index contributed by atoms with van der Waals surface area (Å²) in [6.45, 7) is 4.06. The first-order valence-electron chi connectivity index (χ1n) is 8.88. The summed E-state index contributed by atoms with van der Waals surface area (Å²) in [5.74, 6) is 1.37. The molecule has 0 unspecified atom stereocenters. The molecule has 0 aromatic carbocycles. The van der Waals surface area contributed by atoms with E-state index < -0.39 is 0 Å². The summed E-state index contributed by atoms with van der Waals surface area (Å²) in [7, 11) is 0. The molecule has 1 aliphatic carbocycles. The Morgan fingerprint density at radius 1 is 1.33 bits per heavy atom. The molecule has 0 saturated carbocycles. The van der Waals surface area contributed by atoms with Crippen LogP contribution in [0, 0.1) is 5.92 Å². The molecule has 1 saturated heterocycles. The molecule has 6 heteroatoms. The Bertz CT molecular complexity index is 758. The maximum Gasteiger partial charge on any atom is 0.232 e. The first-order valence-corrected chi connectivity index (χ1v) is 10.7. The maximum atomic E-state index is 12.5. The van der Waals surface area contributed by atoms with Crippen molar-refractivity contribution in [2.75, 3.05) is 18.8 Å². The number of carbonyl (C=O) groups excluding carboxylic acids is 1. The largest absolute Gasteiger partial charge is 0.342 e. The highest BCUT2D eigenvalue weighted by Crippen LogP contribution is 2.39. The van der Waals surface area contributed by atoms with Gasteiger partial charge in [0.2, 0.25) is 5.91 Å². The summed E-state index contributed by atoms with van der Waals surface area (Å²) in [6, 6.07) is 0. The van der Waals surface area contributed by atoms with Gasteiger partial charge in [-0.15, -0.1) is 11.3 Å². The standard InChI is InChI=1S/C18H23N3OS2/c1-12-5-4-8-21(9-12)15(22)10-23-17-16-13-6-2-3-7-14(13)24-18(16)20-11-19-17/h11-12H,2-10H2,1H3/t12-/m0/s1. The Labute approximate surface area is 151 Å². The Kier molecular flexibility index (Phi) is 4.77. The van der Waals surface area contributed by atoms with Gasteiger partial charge in [0.1, 0.15) is 16.2 Å². The van der Waals surface area contributed by atoms with Crippen LogP contribution in [0.4, 0.5) is 0 Å². The van der Waals surface area contributed by atoms with Crippen LogP contribution in [-0.4, -0.2) is 39.6 Å². The predicted molar refractivity (Wildman–Crippen MR) is 99.8 cm³/mol. The van der Waals surface area contributed by atoms with Crippen LogP contribution in [0.25, 0.3) is 10.2 Å². The van der Waals surface area contributed by atoms with Crippen LogP contribution in [0.15, 0.2) is 11.4 Å². The topological polar surface area (TPSA) is 46.1 Å². The molecular weight excluding hydrogens is 338 g/mol. The summed E-state index contributed by atoms with van der Waals surface area (Å²) in [5, 5.41) is 2.22. The first-order chi connectivity index (χ1) is 11.7. The second-order valence-corrected chi connectivity index (χ2v) is 8.99. The summed E-state index contributed by atoms with van der Waals surface area (Å²) in [5.41, 5.74) is 1.45. The average Bonchev–Trinajstić information content (AvgIpc) is 2.99. The number of thiophene rings is 1. The minimum Gasteiger partial charge on any atom is -0.342 e. The van der Waals surface area contributed by atoms with Crippen LogP contribution < -0.4 is 0 Å². The van der Waals surface area contributed by atoms with E-state index in [1.54, 1.807) is 18.1 Å². The third-order valence-electron chi connectivity index (χ3n) is 5.06. The Hall–Kier alpha value is -1.14. The zero-order chi connectivity index (χ0) is 16.5. The van der Waals surface area contributed by atoms with Crippen molar-refractivity contribution in [1.29, 1.82) is 0 Å². The molecule has 1 aliphatic heterocycles. The Balaban J connectivity index is 1.52. The van der Waals surface area contributed by atoms with Crippen molar-refractivity contribution >= 4 is 39.2 Å². The number of aromatic nitrogens is 2. The number of likely N-dealkylation sites (tertiary alicyclic amines) is 1. The fourth-order valence-electron chi connectivity index (χ4n) is 3.81. The number of nitrogens with zero attached hydrogens (tertiary/aromatic N) is 3. The molecule has 1 atom stereocenters. The Morgan fingerprint density at radius 2 is 2.21 bits per heavy atom. The number of hydrogen-bond acceptors (Lipinski definition) is 5. The molecule has 2 aromatic rings. The van der Waals surface area contributed by atoms with E-state index in [2.05, 4.69) is 16.9 Å². The molecule has 128 valence electrons. The van der Waals surface area contributed by atoms with E-state index in [0.717, 1.165) is 35.8 Å². The number of thioether (sulfide) groups is 1. The predicted octanol–water partition coefficient (Wildman–Crippen LogP) is 3.92. The van der Waals surface area contributed by atoms with Crippen LogP contribution in [0.2, 0.25) is 0 Å². The summed E-state index contributed by atoms with van der Waals surface area (Å²) < 4.78 is 0. The van der Waals surface area contributed by atoms with Crippen LogP contribution in [0.3, 0.4) is 0 Å². The van der Waals surface area contributed by atoms with Gasteiger partial charge >= 0.3 is 0 Å². The van der Waals surface area contributed by atoms with Crippen molar-refractivity contribution in [3.05, 3.63) is 16.8 Å². The minimum absolute atomic E-state index is 0.252. The molecule has 2 aliphatic rings. The van der Waals surface area contributed by atoms with E-state index in [9.17, 15) is 4.79 Å². The van der Waals surface area contributed by atoms with Gasteiger partial charge in [-0.05, 0) is 50.0 Å². The number of hydrogen-bond donors (Lipinski definition) is 0. The van der Waals surface area contributed by atoms with Crippen molar-refractivity contribution in [1.82, 2.24) is 14.9 Å². The third-order valence-corrected chi connectivity index (χ3v) is 7.23. The number of aryl methyl sites for hydroxylation is 2. The molecule has 0 spiro atoms. The smallest absolute Gasteiger partial charge is 0.232 e. The van der Waals surface area contributed by atoms with Crippen LogP contribution >= 0.6 is 23.1 Å². The molecule has 0 radical (unpaired) electrons. The van der Waals surface area contributed by atoms with E-state index in [4.69, 9.17) is 0 Å².